The quantitative estimate of drug-likeness (QED) is 0.830. The van der Waals surface area contributed by atoms with Crippen LogP contribution in [0.3, 0.4) is 0 Å². The first-order valence-corrected chi connectivity index (χ1v) is 8.23. The standard InChI is InChI=1S/C15H26N2O2S/c1-15(2,18)13-17(11-14-3-10-20-12-14)5-4-16-6-8-19-9-7-16/h3,10,12,18H,4-9,11,13H2,1-2H3. The smallest absolute Gasteiger partial charge is 0.0718 e. The van der Waals surface area contributed by atoms with Gasteiger partial charge in [0.15, 0.2) is 0 Å². The molecule has 1 aromatic heterocycles. The van der Waals surface area contributed by atoms with Crippen LogP contribution in [0.5, 0.6) is 0 Å². The molecule has 0 atom stereocenters. The molecule has 1 aliphatic heterocycles. The monoisotopic (exact) mass is 298 g/mol. The normalized spacial score (nSPS) is 17.8. The van der Waals surface area contributed by atoms with Gasteiger partial charge in [0.2, 0.25) is 0 Å². The van der Waals surface area contributed by atoms with Gasteiger partial charge >= 0.3 is 0 Å². The maximum Gasteiger partial charge on any atom is 0.0718 e. The molecule has 0 radical (unpaired) electrons. The zero-order chi connectivity index (χ0) is 14.4. The summed E-state index contributed by atoms with van der Waals surface area (Å²) >= 11 is 1.73. The summed E-state index contributed by atoms with van der Waals surface area (Å²) in [6, 6.07) is 2.16. The largest absolute Gasteiger partial charge is 0.389 e. The van der Waals surface area contributed by atoms with Crippen LogP contribution in [0.4, 0.5) is 0 Å². The minimum absolute atomic E-state index is 0.652. The van der Waals surface area contributed by atoms with E-state index in [4.69, 9.17) is 4.74 Å². The van der Waals surface area contributed by atoms with E-state index in [1.807, 2.05) is 13.8 Å². The van der Waals surface area contributed by atoms with Gasteiger partial charge in [-0.25, -0.2) is 0 Å². The average molecular weight is 298 g/mol. The van der Waals surface area contributed by atoms with Crippen molar-refractivity contribution in [1.29, 1.82) is 0 Å². The van der Waals surface area contributed by atoms with Crippen molar-refractivity contribution in [3.8, 4) is 0 Å². The summed E-state index contributed by atoms with van der Waals surface area (Å²) in [6.45, 7) is 11.1. The van der Waals surface area contributed by atoms with Crippen molar-refractivity contribution in [2.45, 2.75) is 26.0 Å². The summed E-state index contributed by atoms with van der Waals surface area (Å²) in [5.41, 5.74) is 0.683. The number of nitrogens with zero attached hydrogens (tertiary/aromatic N) is 2. The highest BCUT2D eigenvalue weighted by Crippen LogP contribution is 2.13. The molecule has 4 nitrogen and oxygen atoms in total. The van der Waals surface area contributed by atoms with Crippen LogP contribution < -0.4 is 0 Å². The van der Waals surface area contributed by atoms with Gasteiger partial charge in [-0.1, -0.05) is 0 Å². The van der Waals surface area contributed by atoms with Crippen molar-refractivity contribution in [2.24, 2.45) is 0 Å². The molecule has 1 saturated heterocycles. The Hall–Kier alpha value is -0.460. The van der Waals surface area contributed by atoms with Gasteiger partial charge in [-0.15, -0.1) is 0 Å². The first-order valence-electron chi connectivity index (χ1n) is 7.29. The Labute approximate surface area is 126 Å². The minimum atomic E-state index is -0.652. The summed E-state index contributed by atoms with van der Waals surface area (Å²) in [5.74, 6) is 0. The summed E-state index contributed by atoms with van der Waals surface area (Å²) in [5, 5.41) is 14.4. The zero-order valence-electron chi connectivity index (χ0n) is 12.5. The van der Waals surface area contributed by atoms with Crippen molar-refractivity contribution >= 4 is 11.3 Å². The van der Waals surface area contributed by atoms with Crippen molar-refractivity contribution < 1.29 is 9.84 Å². The Kier molecular flexibility index (Phi) is 5.99. The topological polar surface area (TPSA) is 35.9 Å². The van der Waals surface area contributed by atoms with Crippen LogP contribution in [-0.2, 0) is 11.3 Å². The molecule has 114 valence electrons. The van der Waals surface area contributed by atoms with E-state index in [1.165, 1.54) is 5.56 Å². The van der Waals surface area contributed by atoms with E-state index in [0.717, 1.165) is 45.9 Å². The lowest BCUT2D eigenvalue weighted by Crippen LogP contribution is -2.44. The molecule has 0 unspecified atom stereocenters. The Bertz CT molecular complexity index is 370. The number of hydrogen-bond acceptors (Lipinski definition) is 5. The molecule has 1 fully saturated rings. The van der Waals surface area contributed by atoms with Gasteiger partial charge < -0.3 is 9.84 Å². The Balaban J connectivity index is 1.84. The second-order valence-corrected chi connectivity index (χ2v) is 6.89. The molecule has 5 heteroatoms. The third-order valence-corrected chi connectivity index (χ3v) is 4.17. The highest BCUT2D eigenvalue weighted by atomic mass is 32.1. The number of ether oxygens (including phenoxy) is 1. The van der Waals surface area contributed by atoms with Crippen LogP contribution in [0, 0.1) is 0 Å². The molecule has 2 heterocycles. The van der Waals surface area contributed by atoms with Crippen LogP contribution in [0.2, 0.25) is 0 Å². The third kappa shape index (κ3) is 5.89. The summed E-state index contributed by atoms with van der Waals surface area (Å²) < 4.78 is 5.38. The molecular formula is C15H26N2O2S. The fraction of sp³-hybridized carbons (Fsp3) is 0.733. The average Bonchev–Trinajstić information content (AvgIpc) is 2.88. The van der Waals surface area contributed by atoms with Crippen LogP contribution in [0.15, 0.2) is 16.8 Å². The van der Waals surface area contributed by atoms with Crippen molar-refractivity contribution in [2.75, 3.05) is 45.9 Å². The van der Waals surface area contributed by atoms with Gasteiger partial charge in [0, 0.05) is 39.3 Å². The Morgan fingerprint density at radius 2 is 2.15 bits per heavy atom. The lowest BCUT2D eigenvalue weighted by Gasteiger charge is -2.32. The highest BCUT2D eigenvalue weighted by Gasteiger charge is 2.20. The van der Waals surface area contributed by atoms with Gasteiger partial charge in [0.25, 0.3) is 0 Å². The van der Waals surface area contributed by atoms with E-state index < -0.39 is 5.60 Å². The lowest BCUT2D eigenvalue weighted by molar-refractivity contribution is 0.0139. The van der Waals surface area contributed by atoms with Crippen LogP contribution >= 0.6 is 11.3 Å². The van der Waals surface area contributed by atoms with E-state index in [0.29, 0.717) is 6.54 Å². The maximum atomic E-state index is 10.1. The fourth-order valence-electron chi connectivity index (χ4n) is 2.51. The van der Waals surface area contributed by atoms with E-state index >= 15 is 0 Å². The van der Waals surface area contributed by atoms with Crippen molar-refractivity contribution in [1.82, 2.24) is 9.80 Å². The molecule has 20 heavy (non-hydrogen) atoms. The second kappa shape index (κ2) is 7.52. The molecule has 0 bridgehead atoms. The molecule has 0 spiro atoms. The molecule has 1 aliphatic rings. The van der Waals surface area contributed by atoms with E-state index in [9.17, 15) is 5.11 Å². The van der Waals surface area contributed by atoms with Gasteiger partial charge in [0.05, 0.1) is 18.8 Å². The lowest BCUT2D eigenvalue weighted by atomic mass is 10.1. The zero-order valence-corrected chi connectivity index (χ0v) is 13.4. The van der Waals surface area contributed by atoms with Crippen LogP contribution in [-0.4, -0.2) is 66.4 Å². The summed E-state index contributed by atoms with van der Waals surface area (Å²) in [7, 11) is 0. The SMILES string of the molecule is CC(C)(O)CN(CCN1CCOCC1)Cc1ccsc1. The molecule has 0 aromatic carbocycles. The predicted octanol–water partition coefficient (Wildman–Crippen LogP) is 1.65. The molecule has 1 aromatic rings. The van der Waals surface area contributed by atoms with Gasteiger partial charge in [-0.05, 0) is 36.2 Å². The number of aliphatic hydroxyl groups is 1. The van der Waals surface area contributed by atoms with Gasteiger partial charge in [-0.2, -0.15) is 11.3 Å². The molecule has 1 N–H and O–H groups in total. The highest BCUT2D eigenvalue weighted by molar-refractivity contribution is 7.07. The molecule has 0 aliphatic carbocycles. The first kappa shape index (κ1) is 15.9. The van der Waals surface area contributed by atoms with E-state index in [1.54, 1.807) is 11.3 Å². The molecule has 0 amide bonds. The number of rotatable bonds is 7. The first-order chi connectivity index (χ1) is 9.53. The summed E-state index contributed by atoms with van der Waals surface area (Å²) in [4.78, 5) is 4.78. The van der Waals surface area contributed by atoms with E-state index in [2.05, 4.69) is 26.6 Å². The van der Waals surface area contributed by atoms with Crippen molar-refractivity contribution in [3.63, 3.8) is 0 Å². The Morgan fingerprint density at radius 3 is 2.75 bits per heavy atom. The van der Waals surface area contributed by atoms with Crippen molar-refractivity contribution in [3.05, 3.63) is 22.4 Å². The fourth-order valence-corrected chi connectivity index (χ4v) is 3.17. The number of thiophene rings is 1. The third-order valence-electron chi connectivity index (χ3n) is 3.43. The predicted molar refractivity (Wildman–Crippen MR) is 83.2 cm³/mol. The van der Waals surface area contributed by atoms with E-state index in [-0.39, 0.29) is 0 Å². The maximum absolute atomic E-state index is 10.1. The van der Waals surface area contributed by atoms with Gasteiger partial charge in [0.1, 0.15) is 0 Å². The second-order valence-electron chi connectivity index (χ2n) is 6.11. The van der Waals surface area contributed by atoms with Gasteiger partial charge in [-0.3, -0.25) is 9.80 Å². The number of morpholine rings is 1. The Morgan fingerprint density at radius 1 is 1.40 bits per heavy atom. The molecular weight excluding hydrogens is 272 g/mol. The summed E-state index contributed by atoms with van der Waals surface area (Å²) in [6.07, 6.45) is 0. The minimum Gasteiger partial charge on any atom is -0.389 e. The van der Waals surface area contributed by atoms with Crippen LogP contribution in [0.25, 0.3) is 0 Å². The molecule has 2 rings (SSSR count). The van der Waals surface area contributed by atoms with Crippen LogP contribution in [0.1, 0.15) is 19.4 Å². The molecule has 0 saturated carbocycles. The number of hydrogen-bond donors (Lipinski definition) is 1.